The Morgan fingerprint density at radius 2 is 1.68 bits per heavy atom. The highest BCUT2D eigenvalue weighted by molar-refractivity contribution is 6.02. The van der Waals surface area contributed by atoms with Crippen LogP contribution in [0.15, 0.2) is 24.3 Å². The van der Waals surface area contributed by atoms with Crippen molar-refractivity contribution in [3.05, 3.63) is 58.2 Å². The highest BCUT2D eigenvalue weighted by Gasteiger charge is 2.29. The molecule has 3 rings (SSSR count). The molecule has 28 heavy (non-hydrogen) atoms. The summed E-state index contributed by atoms with van der Waals surface area (Å²) in [7, 11) is 0. The number of nitrogens with zero attached hydrogens (tertiary/aromatic N) is 2. The molecule has 7 heteroatoms. The average Bonchev–Trinajstić information content (AvgIpc) is 3.03. The zero-order chi connectivity index (χ0) is 20.4. The summed E-state index contributed by atoms with van der Waals surface area (Å²) in [4.78, 5) is 43.8. The number of benzene rings is 1. The maximum absolute atomic E-state index is 13.4. The van der Waals surface area contributed by atoms with Gasteiger partial charge < -0.3 is 14.8 Å². The molecule has 0 aliphatic carbocycles. The molecule has 1 N–H and O–H groups in total. The molecule has 2 aromatic rings. The van der Waals surface area contributed by atoms with E-state index >= 15 is 0 Å². The van der Waals surface area contributed by atoms with Gasteiger partial charge in [-0.3, -0.25) is 14.4 Å². The van der Waals surface area contributed by atoms with E-state index in [1.807, 2.05) is 6.92 Å². The molecule has 0 spiro atoms. The number of piperazine rings is 1. The molecule has 2 heterocycles. The monoisotopic (exact) mass is 385 g/mol. The second-order valence-corrected chi connectivity index (χ2v) is 6.98. The molecule has 0 bridgehead atoms. The number of Topliss-reactive ketones (excluding diaryl/α,β-unsaturated/α-hetero) is 1. The number of ketones is 1. The molecule has 2 amide bonds. The van der Waals surface area contributed by atoms with Gasteiger partial charge in [0.05, 0.1) is 0 Å². The Bertz CT molecular complexity index is 927. The van der Waals surface area contributed by atoms with Gasteiger partial charge in [-0.1, -0.05) is 13.0 Å². The first-order chi connectivity index (χ1) is 13.3. The van der Waals surface area contributed by atoms with Gasteiger partial charge in [-0.15, -0.1) is 0 Å². The van der Waals surface area contributed by atoms with Gasteiger partial charge in [-0.25, -0.2) is 4.39 Å². The fourth-order valence-corrected chi connectivity index (χ4v) is 3.76. The van der Waals surface area contributed by atoms with E-state index in [1.54, 1.807) is 22.8 Å². The number of halogens is 1. The van der Waals surface area contributed by atoms with Crippen molar-refractivity contribution in [1.29, 1.82) is 0 Å². The summed E-state index contributed by atoms with van der Waals surface area (Å²) in [6.45, 7) is 6.74. The van der Waals surface area contributed by atoms with Gasteiger partial charge >= 0.3 is 0 Å². The van der Waals surface area contributed by atoms with Crippen LogP contribution in [0, 0.1) is 12.7 Å². The Morgan fingerprint density at radius 3 is 2.21 bits per heavy atom. The molecule has 6 nitrogen and oxygen atoms in total. The summed E-state index contributed by atoms with van der Waals surface area (Å²) in [5.41, 5.74) is 2.79. The molecule has 0 radical (unpaired) electrons. The number of nitrogens with one attached hydrogen (secondary N) is 1. The van der Waals surface area contributed by atoms with E-state index in [2.05, 4.69) is 4.98 Å². The molecule has 1 aliphatic rings. The fourth-order valence-electron chi connectivity index (χ4n) is 3.76. The predicted octanol–water partition coefficient (Wildman–Crippen LogP) is 2.83. The van der Waals surface area contributed by atoms with Crippen LogP contribution in [0.25, 0.3) is 0 Å². The van der Waals surface area contributed by atoms with Crippen LogP contribution in [0.3, 0.4) is 0 Å². The van der Waals surface area contributed by atoms with Gasteiger partial charge in [0.15, 0.2) is 5.78 Å². The minimum absolute atomic E-state index is 0.0600. The third-order valence-electron chi connectivity index (χ3n) is 5.14. The summed E-state index contributed by atoms with van der Waals surface area (Å²) >= 11 is 0. The van der Waals surface area contributed by atoms with Gasteiger partial charge in [-0.05, 0) is 44.0 Å². The maximum atomic E-state index is 13.4. The molecule has 1 aliphatic heterocycles. The fraction of sp³-hybridized carbons (Fsp3) is 0.381. The first-order valence-corrected chi connectivity index (χ1v) is 9.40. The minimum atomic E-state index is -0.449. The lowest BCUT2D eigenvalue weighted by Crippen LogP contribution is -2.50. The first kappa shape index (κ1) is 19.8. The zero-order valence-corrected chi connectivity index (χ0v) is 16.3. The number of carbonyl (C=O) groups is 3. The number of aryl methyl sites for hydroxylation is 1. The van der Waals surface area contributed by atoms with Crippen molar-refractivity contribution in [2.45, 2.75) is 27.2 Å². The quantitative estimate of drug-likeness (QED) is 0.823. The molecule has 1 aromatic heterocycles. The molecule has 1 saturated heterocycles. The summed E-state index contributed by atoms with van der Waals surface area (Å²) in [6.07, 6.45) is 0.582. The highest BCUT2D eigenvalue weighted by atomic mass is 19.1. The molecule has 0 unspecified atom stereocenters. The largest absolute Gasteiger partial charge is 0.354 e. The average molecular weight is 385 g/mol. The SMILES string of the molecule is CCc1c(C(=O)N2CCN(C(=O)c3cccc(F)c3)CC2)[nH]c(C)c1C(C)=O. The molecule has 0 atom stereocenters. The normalized spacial score (nSPS) is 14.3. The van der Waals surface area contributed by atoms with Gasteiger partial charge in [0.1, 0.15) is 11.5 Å². The van der Waals surface area contributed by atoms with Crippen LogP contribution < -0.4 is 0 Å². The summed E-state index contributed by atoms with van der Waals surface area (Å²) in [5.74, 6) is -0.911. The van der Waals surface area contributed by atoms with Crippen molar-refractivity contribution in [3.63, 3.8) is 0 Å². The van der Waals surface area contributed by atoms with E-state index in [1.165, 1.54) is 25.1 Å². The number of aromatic amines is 1. The number of hydrogen-bond donors (Lipinski definition) is 1. The van der Waals surface area contributed by atoms with Gasteiger partial charge in [0, 0.05) is 43.0 Å². The van der Waals surface area contributed by atoms with E-state index in [0.29, 0.717) is 55.1 Å². The molecule has 0 saturated carbocycles. The van der Waals surface area contributed by atoms with Crippen molar-refractivity contribution in [1.82, 2.24) is 14.8 Å². The van der Waals surface area contributed by atoms with Crippen LogP contribution in [0.5, 0.6) is 0 Å². The van der Waals surface area contributed by atoms with Crippen LogP contribution in [-0.2, 0) is 6.42 Å². The molecular weight excluding hydrogens is 361 g/mol. The van der Waals surface area contributed by atoms with Crippen LogP contribution in [0.1, 0.15) is 56.3 Å². The Hall–Kier alpha value is -2.96. The van der Waals surface area contributed by atoms with E-state index in [9.17, 15) is 18.8 Å². The summed E-state index contributed by atoms with van der Waals surface area (Å²) < 4.78 is 13.4. The number of aromatic nitrogens is 1. The second kappa shape index (κ2) is 7.96. The third-order valence-corrected chi connectivity index (χ3v) is 5.14. The van der Waals surface area contributed by atoms with Gasteiger partial charge in [0.25, 0.3) is 11.8 Å². The number of hydrogen-bond acceptors (Lipinski definition) is 3. The maximum Gasteiger partial charge on any atom is 0.270 e. The van der Waals surface area contributed by atoms with Crippen LogP contribution in [-0.4, -0.2) is 58.6 Å². The number of amides is 2. The van der Waals surface area contributed by atoms with Crippen molar-refractivity contribution in [2.24, 2.45) is 0 Å². The van der Waals surface area contributed by atoms with Crippen molar-refractivity contribution in [2.75, 3.05) is 26.2 Å². The van der Waals surface area contributed by atoms with Crippen molar-refractivity contribution < 1.29 is 18.8 Å². The minimum Gasteiger partial charge on any atom is -0.354 e. The lowest BCUT2D eigenvalue weighted by atomic mass is 10.0. The Balaban J connectivity index is 1.72. The van der Waals surface area contributed by atoms with Crippen molar-refractivity contribution in [3.8, 4) is 0 Å². The molecule has 1 fully saturated rings. The van der Waals surface area contributed by atoms with Crippen molar-refractivity contribution >= 4 is 17.6 Å². The van der Waals surface area contributed by atoms with E-state index in [-0.39, 0.29) is 17.6 Å². The lowest BCUT2D eigenvalue weighted by Gasteiger charge is -2.34. The number of carbonyl (C=O) groups excluding carboxylic acids is 3. The topological polar surface area (TPSA) is 73.5 Å². The van der Waals surface area contributed by atoms with Crippen LogP contribution in [0.4, 0.5) is 4.39 Å². The highest BCUT2D eigenvalue weighted by Crippen LogP contribution is 2.22. The van der Waals surface area contributed by atoms with Crippen LogP contribution in [0.2, 0.25) is 0 Å². The lowest BCUT2D eigenvalue weighted by molar-refractivity contribution is 0.0532. The first-order valence-electron chi connectivity index (χ1n) is 9.40. The second-order valence-electron chi connectivity index (χ2n) is 6.98. The van der Waals surface area contributed by atoms with Gasteiger partial charge in [0.2, 0.25) is 0 Å². The number of rotatable bonds is 4. The predicted molar refractivity (Wildman–Crippen MR) is 103 cm³/mol. The van der Waals surface area contributed by atoms with E-state index < -0.39 is 5.82 Å². The summed E-state index contributed by atoms with van der Waals surface area (Å²) in [5, 5.41) is 0. The van der Waals surface area contributed by atoms with Crippen LogP contribution >= 0.6 is 0 Å². The molecule has 148 valence electrons. The standard InChI is InChI=1S/C21H24FN3O3/c1-4-17-18(14(3)26)13(2)23-19(17)21(28)25-10-8-24(9-11-25)20(27)15-6-5-7-16(22)12-15/h5-7,12,23H,4,8-11H2,1-3H3. The van der Waals surface area contributed by atoms with E-state index in [4.69, 9.17) is 0 Å². The zero-order valence-electron chi connectivity index (χ0n) is 16.3. The van der Waals surface area contributed by atoms with Gasteiger partial charge in [-0.2, -0.15) is 0 Å². The molecular formula is C21H24FN3O3. The number of H-pyrrole nitrogens is 1. The van der Waals surface area contributed by atoms with E-state index in [0.717, 1.165) is 5.56 Å². The molecule has 1 aromatic carbocycles. The Morgan fingerprint density at radius 1 is 1.07 bits per heavy atom. The smallest absolute Gasteiger partial charge is 0.270 e. The Kier molecular flexibility index (Phi) is 5.63. The Labute approximate surface area is 163 Å². The summed E-state index contributed by atoms with van der Waals surface area (Å²) in [6, 6.07) is 5.61. The third kappa shape index (κ3) is 3.69.